The standard InChI is InChI=1S/C10H13NO5S/c1-11(16-3)17(13,14)9-6-4-8(5-7-9)10(12)15-2/h4-7H,1-3H3. The first-order chi connectivity index (χ1) is 7.93. The predicted octanol–water partition coefficient (Wildman–Crippen LogP) is 0.655. The fraction of sp³-hybridized carbons (Fsp3) is 0.300. The van der Waals surface area contributed by atoms with Crippen molar-refractivity contribution >= 4 is 16.0 Å². The Morgan fingerprint density at radius 3 is 2.12 bits per heavy atom. The Hall–Kier alpha value is -1.44. The van der Waals surface area contributed by atoms with Crippen LogP contribution in [0.4, 0.5) is 0 Å². The number of sulfonamides is 1. The molecule has 0 saturated heterocycles. The summed E-state index contributed by atoms with van der Waals surface area (Å²) >= 11 is 0. The van der Waals surface area contributed by atoms with Crippen LogP contribution in [0.5, 0.6) is 0 Å². The van der Waals surface area contributed by atoms with Crippen molar-refractivity contribution in [1.82, 2.24) is 4.47 Å². The van der Waals surface area contributed by atoms with Gasteiger partial charge in [0.25, 0.3) is 10.0 Å². The van der Waals surface area contributed by atoms with Crippen molar-refractivity contribution in [3.63, 3.8) is 0 Å². The minimum atomic E-state index is -3.68. The Balaban J connectivity index is 3.07. The Kier molecular flexibility index (Phi) is 4.22. The molecule has 0 spiro atoms. The van der Waals surface area contributed by atoms with E-state index in [1.54, 1.807) is 0 Å². The van der Waals surface area contributed by atoms with Gasteiger partial charge in [0.15, 0.2) is 0 Å². The maximum absolute atomic E-state index is 11.8. The van der Waals surface area contributed by atoms with Crippen LogP contribution in [-0.4, -0.2) is 40.1 Å². The SMILES string of the molecule is COC(=O)c1ccc(S(=O)(=O)N(C)OC)cc1. The van der Waals surface area contributed by atoms with Crippen LogP contribution in [0.2, 0.25) is 0 Å². The fourth-order valence-electron chi connectivity index (χ4n) is 1.13. The summed E-state index contributed by atoms with van der Waals surface area (Å²) in [6.45, 7) is 0. The highest BCUT2D eigenvalue weighted by atomic mass is 32.2. The third-order valence-corrected chi connectivity index (χ3v) is 3.86. The molecule has 1 rings (SSSR count). The number of methoxy groups -OCH3 is 1. The van der Waals surface area contributed by atoms with Crippen LogP contribution < -0.4 is 0 Å². The minimum absolute atomic E-state index is 0.0366. The molecule has 0 N–H and O–H groups in total. The monoisotopic (exact) mass is 259 g/mol. The van der Waals surface area contributed by atoms with Crippen LogP contribution in [0.1, 0.15) is 10.4 Å². The third kappa shape index (κ3) is 2.82. The Labute approximate surface area is 99.8 Å². The molecule has 0 bridgehead atoms. The fourth-order valence-corrected chi connectivity index (χ4v) is 2.10. The van der Waals surface area contributed by atoms with Gasteiger partial charge in [-0.1, -0.05) is 4.47 Å². The largest absolute Gasteiger partial charge is 0.465 e. The Bertz CT molecular complexity index is 494. The molecule has 6 nitrogen and oxygen atoms in total. The second-order valence-corrected chi connectivity index (χ2v) is 5.05. The lowest BCUT2D eigenvalue weighted by Gasteiger charge is -2.13. The molecule has 0 saturated carbocycles. The van der Waals surface area contributed by atoms with E-state index in [2.05, 4.69) is 9.57 Å². The topological polar surface area (TPSA) is 72.9 Å². The number of hydroxylamine groups is 1. The molecule has 17 heavy (non-hydrogen) atoms. The number of carbonyl (C=O) groups excluding carboxylic acids is 1. The lowest BCUT2D eigenvalue weighted by atomic mass is 10.2. The highest BCUT2D eigenvalue weighted by molar-refractivity contribution is 7.89. The molecule has 0 aliphatic heterocycles. The molecule has 0 aromatic heterocycles. The van der Waals surface area contributed by atoms with Crippen molar-refractivity contribution in [3.05, 3.63) is 29.8 Å². The molecule has 0 aliphatic carbocycles. The van der Waals surface area contributed by atoms with E-state index in [-0.39, 0.29) is 10.5 Å². The zero-order valence-electron chi connectivity index (χ0n) is 9.71. The number of hydrogen-bond acceptors (Lipinski definition) is 5. The Morgan fingerprint density at radius 1 is 1.18 bits per heavy atom. The van der Waals surface area contributed by atoms with Crippen molar-refractivity contribution < 1.29 is 22.8 Å². The van der Waals surface area contributed by atoms with Gasteiger partial charge in [0.2, 0.25) is 0 Å². The number of nitrogens with zero attached hydrogens (tertiary/aromatic N) is 1. The van der Waals surface area contributed by atoms with Crippen molar-refractivity contribution in [2.24, 2.45) is 0 Å². The number of ether oxygens (including phenoxy) is 1. The van der Waals surface area contributed by atoms with Crippen molar-refractivity contribution in [3.8, 4) is 0 Å². The van der Waals surface area contributed by atoms with Crippen molar-refractivity contribution in [1.29, 1.82) is 0 Å². The van der Waals surface area contributed by atoms with Crippen LogP contribution in [0.15, 0.2) is 29.2 Å². The average molecular weight is 259 g/mol. The quantitative estimate of drug-likeness (QED) is 0.586. The zero-order valence-corrected chi connectivity index (χ0v) is 10.5. The van der Waals surface area contributed by atoms with Gasteiger partial charge in [-0.05, 0) is 24.3 Å². The van der Waals surface area contributed by atoms with Gasteiger partial charge in [0.1, 0.15) is 0 Å². The number of carbonyl (C=O) groups is 1. The van der Waals surface area contributed by atoms with Crippen molar-refractivity contribution in [2.45, 2.75) is 4.90 Å². The van der Waals surface area contributed by atoms with E-state index in [1.165, 1.54) is 45.5 Å². The van der Waals surface area contributed by atoms with Crippen LogP contribution >= 0.6 is 0 Å². The number of esters is 1. The zero-order chi connectivity index (χ0) is 13.1. The highest BCUT2D eigenvalue weighted by Crippen LogP contribution is 2.15. The van der Waals surface area contributed by atoms with Crippen molar-refractivity contribution in [2.75, 3.05) is 21.3 Å². The molecule has 0 heterocycles. The molecular weight excluding hydrogens is 246 g/mol. The molecule has 7 heteroatoms. The summed E-state index contributed by atoms with van der Waals surface area (Å²) < 4.78 is 28.8. The molecule has 0 aliphatic rings. The van der Waals surface area contributed by atoms with Gasteiger partial charge in [-0.15, -0.1) is 0 Å². The first kappa shape index (κ1) is 13.6. The van der Waals surface area contributed by atoms with Crippen LogP contribution in [0.3, 0.4) is 0 Å². The first-order valence-corrected chi connectivity index (χ1v) is 6.09. The van der Waals surface area contributed by atoms with Crippen LogP contribution in [0.25, 0.3) is 0 Å². The number of benzene rings is 1. The number of hydrogen-bond donors (Lipinski definition) is 0. The molecule has 1 aromatic carbocycles. The smallest absolute Gasteiger partial charge is 0.337 e. The lowest BCUT2D eigenvalue weighted by Crippen LogP contribution is -2.25. The second kappa shape index (κ2) is 5.26. The van der Waals surface area contributed by atoms with Gasteiger partial charge in [0.05, 0.1) is 24.7 Å². The molecule has 0 amide bonds. The van der Waals surface area contributed by atoms with E-state index in [0.717, 1.165) is 4.47 Å². The summed E-state index contributed by atoms with van der Waals surface area (Å²) in [6.07, 6.45) is 0. The molecule has 94 valence electrons. The maximum atomic E-state index is 11.8. The van der Waals surface area contributed by atoms with Gasteiger partial charge in [-0.3, -0.25) is 4.84 Å². The van der Waals surface area contributed by atoms with E-state index < -0.39 is 16.0 Å². The van der Waals surface area contributed by atoms with E-state index in [1.807, 2.05) is 0 Å². The minimum Gasteiger partial charge on any atom is -0.465 e. The number of rotatable bonds is 4. The van der Waals surface area contributed by atoms with E-state index >= 15 is 0 Å². The van der Waals surface area contributed by atoms with Gasteiger partial charge in [-0.25, -0.2) is 13.2 Å². The van der Waals surface area contributed by atoms with E-state index in [0.29, 0.717) is 0 Å². The summed E-state index contributed by atoms with van der Waals surface area (Å²) in [5, 5.41) is 0. The second-order valence-electron chi connectivity index (χ2n) is 3.11. The molecule has 0 unspecified atom stereocenters. The summed E-state index contributed by atoms with van der Waals surface area (Å²) in [5.74, 6) is -0.519. The highest BCUT2D eigenvalue weighted by Gasteiger charge is 2.20. The van der Waals surface area contributed by atoms with Gasteiger partial charge in [0, 0.05) is 7.05 Å². The average Bonchev–Trinajstić information content (AvgIpc) is 2.36. The third-order valence-electron chi connectivity index (χ3n) is 2.17. The van der Waals surface area contributed by atoms with Gasteiger partial charge in [-0.2, -0.15) is 0 Å². The van der Waals surface area contributed by atoms with Gasteiger partial charge >= 0.3 is 5.97 Å². The molecule has 0 fully saturated rings. The normalized spacial score (nSPS) is 11.5. The lowest BCUT2D eigenvalue weighted by molar-refractivity contribution is -0.0258. The van der Waals surface area contributed by atoms with Crippen LogP contribution in [-0.2, 0) is 19.6 Å². The molecular formula is C10H13NO5S. The predicted molar refractivity (Wildman–Crippen MR) is 59.7 cm³/mol. The summed E-state index contributed by atoms with van der Waals surface area (Å²) in [5.41, 5.74) is 0.284. The van der Waals surface area contributed by atoms with Crippen LogP contribution in [0, 0.1) is 0 Å². The summed E-state index contributed by atoms with van der Waals surface area (Å²) in [7, 11) is 0.108. The summed E-state index contributed by atoms with van der Waals surface area (Å²) in [4.78, 5) is 15.8. The summed E-state index contributed by atoms with van der Waals surface area (Å²) in [6, 6.07) is 5.39. The maximum Gasteiger partial charge on any atom is 0.337 e. The first-order valence-electron chi connectivity index (χ1n) is 4.65. The van der Waals surface area contributed by atoms with E-state index in [4.69, 9.17) is 0 Å². The molecule has 1 aromatic rings. The Morgan fingerprint density at radius 2 is 1.71 bits per heavy atom. The molecule has 0 radical (unpaired) electrons. The molecule has 0 atom stereocenters. The van der Waals surface area contributed by atoms with E-state index in [9.17, 15) is 13.2 Å². The van der Waals surface area contributed by atoms with Gasteiger partial charge < -0.3 is 4.74 Å².